The van der Waals surface area contributed by atoms with Crippen molar-refractivity contribution in [1.29, 1.82) is 0 Å². The van der Waals surface area contributed by atoms with E-state index in [4.69, 9.17) is 9.72 Å². The number of hydrogen-bond acceptors (Lipinski definition) is 4. The number of fused-ring (bicyclic) bond motifs is 1. The standard InChI is InChI=1S/C20H27N3O2/c1-20(2,3)19(24)23-11-5-10-22(12-13-23)18-9-6-15-14-16(25-4)7-8-17(15)21-18/h6-9,14H,5,10-13H2,1-4H3. The zero-order valence-corrected chi connectivity index (χ0v) is 15.6. The summed E-state index contributed by atoms with van der Waals surface area (Å²) < 4.78 is 5.27. The zero-order chi connectivity index (χ0) is 18.0. The van der Waals surface area contributed by atoms with E-state index < -0.39 is 0 Å². The Balaban J connectivity index is 1.76. The third-order valence-electron chi connectivity index (χ3n) is 4.63. The fourth-order valence-electron chi connectivity index (χ4n) is 3.22. The van der Waals surface area contributed by atoms with Crippen molar-refractivity contribution in [2.24, 2.45) is 5.41 Å². The highest BCUT2D eigenvalue weighted by Gasteiger charge is 2.28. The number of pyridine rings is 1. The first-order valence-corrected chi connectivity index (χ1v) is 8.87. The maximum Gasteiger partial charge on any atom is 0.228 e. The quantitative estimate of drug-likeness (QED) is 0.840. The number of carbonyl (C=O) groups excluding carboxylic acids is 1. The number of aromatic nitrogens is 1. The maximum atomic E-state index is 12.5. The minimum Gasteiger partial charge on any atom is -0.497 e. The largest absolute Gasteiger partial charge is 0.497 e. The van der Waals surface area contributed by atoms with E-state index in [0.29, 0.717) is 0 Å². The summed E-state index contributed by atoms with van der Waals surface area (Å²) >= 11 is 0. The molecule has 0 saturated carbocycles. The highest BCUT2D eigenvalue weighted by Crippen LogP contribution is 2.24. The van der Waals surface area contributed by atoms with Crippen molar-refractivity contribution in [2.75, 3.05) is 38.2 Å². The van der Waals surface area contributed by atoms with E-state index in [-0.39, 0.29) is 11.3 Å². The summed E-state index contributed by atoms with van der Waals surface area (Å²) in [4.78, 5) is 21.6. The van der Waals surface area contributed by atoms with E-state index in [1.807, 2.05) is 43.9 Å². The molecule has 5 nitrogen and oxygen atoms in total. The van der Waals surface area contributed by atoms with Crippen molar-refractivity contribution < 1.29 is 9.53 Å². The van der Waals surface area contributed by atoms with Gasteiger partial charge in [0.2, 0.25) is 5.91 Å². The normalized spacial score (nSPS) is 16.0. The van der Waals surface area contributed by atoms with Crippen LogP contribution in [0.25, 0.3) is 10.9 Å². The molecule has 2 aromatic rings. The molecule has 134 valence electrons. The second-order valence-corrected chi connectivity index (χ2v) is 7.61. The number of anilines is 1. The van der Waals surface area contributed by atoms with Gasteiger partial charge in [0.05, 0.1) is 12.6 Å². The first-order chi connectivity index (χ1) is 11.9. The number of rotatable bonds is 2. The molecule has 5 heteroatoms. The van der Waals surface area contributed by atoms with Crippen LogP contribution in [0.4, 0.5) is 5.82 Å². The number of ether oxygens (including phenoxy) is 1. The lowest BCUT2D eigenvalue weighted by atomic mass is 9.94. The van der Waals surface area contributed by atoms with Gasteiger partial charge >= 0.3 is 0 Å². The molecule has 1 aliphatic rings. The fraction of sp³-hybridized carbons (Fsp3) is 0.500. The van der Waals surface area contributed by atoms with Crippen LogP contribution in [0, 0.1) is 5.41 Å². The van der Waals surface area contributed by atoms with Crippen LogP contribution in [0.2, 0.25) is 0 Å². The Kier molecular flexibility index (Phi) is 4.84. The van der Waals surface area contributed by atoms with Crippen LogP contribution in [0.15, 0.2) is 30.3 Å². The Morgan fingerprint density at radius 1 is 1.08 bits per heavy atom. The minimum absolute atomic E-state index is 0.230. The van der Waals surface area contributed by atoms with Crippen LogP contribution in [0.1, 0.15) is 27.2 Å². The monoisotopic (exact) mass is 341 g/mol. The van der Waals surface area contributed by atoms with Crippen molar-refractivity contribution in [3.63, 3.8) is 0 Å². The van der Waals surface area contributed by atoms with Crippen LogP contribution >= 0.6 is 0 Å². The lowest BCUT2D eigenvalue weighted by Gasteiger charge is -2.28. The molecular formula is C20H27N3O2. The van der Waals surface area contributed by atoms with Gasteiger partial charge in [-0.25, -0.2) is 4.98 Å². The highest BCUT2D eigenvalue weighted by molar-refractivity contribution is 5.82. The minimum atomic E-state index is -0.324. The predicted molar refractivity (Wildman–Crippen MR) is 101 cm³/mol. The van der Waals surface area contributed by atoms with Crippen molar-refractivity contribution in [3.05, 3.63) is 30.3 Å². The lowest BCUT2D eigenvalue weighted by molar-refractivity contribution is -0.139. The number of carbonyl (C=O) groups is 1. The number of nitrogens with zero attached hydrogens (tertiary/aromatic N) is 3. The van der Waals surface area contributed by atoms with Crippen LogP contribution < -0.4 is 9.64 Å². The first-order valence-electron chi connectivity index (χ1n) is 8.87. The van der Waals surface area contributed by atoms with Crippen LogP contribution in [-0.4, -0.2) is 49.1 Å². The van der Waals surface area contributed by atoms with Gasteiger partial charge in [0.25, 0.3) is 0 Å². The van der Waals surface area contributed by atoms with Crippen molar-refractivity contribution >= 4 is 22.6 Å². The number of methoxy groups -OCH3 is 1. The van der Waals surface area contributed by atoms with Gasteiger partial charge in [-0.2, -0.15) is 0 Å². The molecule has 0 spiro atoms. The highest BCUT2D eigenvalue weighted by atomic mass is 16.5. The second kappa shape index (κ2) is 6.90. The molecular weight excluding hydrogens is 314 g/mol. The molecule has 2 heterocycles. The summed E-state index contributed by atoms with van der Waals surface area (Å²) in [6, 6.07) is 10.1. The third-order valence-corrected chi connectivity index (χ3v) is 4.63. The van der Waals surface area contributed by atoms with Crippen molar-refractivity contribution in [3.8, 4) is 5.75 Å². The molecule has 1 aliphatic heterocycles. The Bertz CT molecular complexity index is 767. The summed E-state index contributed by atoms with van der Waals surface area (Å²) in [5, 5.41) is 1.07. The molecule has 1 amide bonds. The average Bonchev–Trinajstić information content (AvgIpc) is 2.85. The molecule has 1 fully saturated rings. The number of amides is 1. The molecule has 0 atom stereocenters. The van der Waals surface area contributed by atoms with Crippen LogP contribution in [0.3, 0.4) is 0 Å². The van der Waals surface area contributed by atoms with Gasteiger partial charge in [0.1, 0.15) is 11.6 Å². The Morgan fingerprint density at radius 3 is 2.60 bits per heavy atom. The molecule has 0 N–H and O–H groups in total. The molecule has 1 aromatic carbocycles. The SMILES string of the molecule is COc1ccc2nc(N3CCCN(C(=O)C(C)(C)C)CC3)ccc2c1. The fourth-order valence-corrected chi connectivity index (χ4v) is 3.22. The molecule has 0 bridgehead atoms. The van der Waals surface area contributed by atoms with E-state index in [1.165, 1.54) is 0 Å². The summed E-state index contributed by atoms with van der Waals surface area (Å²) in [7, 11) is 1.67. The molecule has 0 radical (unpaired) electrons. The van der Waals surface area contributed by atoms with Crippen LogP contribution in [0.5, 0.6) is 5.75 Å². The molecule has 0 unspecified atom stereocenters. The van der Waals surface area contributed by atoms with E-state index in [2.05, 4.69) is 17.0 Å². The van der Waals surface area contributed by atoms with E-state index in [1.54, 1.807) is 7.11 Å². The topological polar surface area (TPSA) is 45.7 Å². The van der Waals surface area contributed by atoms with Gasteiger partial charge in [-0.05, 0) is 36.8 Å². The molecule has 25 heavy (non-hydrogen) atoms. The molecule has 1 aromatic heterocycles. The first kappa shape index (κ1) is 17.5. The van der Waals surface area contributed by atoms with Gasteiger partial charge in [-0.3, -0.25) is 4.79 Å². The molecule has 1 saturated heterocycles. The zero-order valence-electron chi connectivity index (χ0n) is 15.6. The summed E-state index contributed by atoms with van der Waals surface area (Å²) in [6.45, 7) is 9.25. The van der Waals surface area contributed by atoms with Gasteiger partial charge in [0.15, 0.2) is 0 Å². The Labute approximate surface area is 149 Å². The lowest BCUT2D eigenvalue weighted by Crippen LogP contribution is -2.41. The molecule has 3 rings (SSSR count). The van der Waals surface area contributed by atoms with E-state index in [9.17, 15) is 4.79 Å². The van der Waals surface area contributed by atoms with Gasteiger partial charge in [0, 0.05) is 37.0 Å². The number of benzene rings is 1. The van der Waals surface area contributed by atoms with Gasteiger partial charge in [-0.1, -0.05) is 20.8 Å². The van der Waals surface area contributed by atoms with E-state index >= 15 is 0 Å². The smallest absolute Gasteiger partial charge is 0.228 e. The van der Waals surface area contributed by atoms with Crippen LogP contribution in [-0.2, 0) is 4.79 Å². The third kappa shape index (κ3) is 3.86. The summed E-state index contributed by atoms with van der Waals surface area (Å²) in [6.07, 6.45) is 0.962. The molecule has 0 aliphatic carbocycles. The summed E-state index contributed by atoms with van der Waals surface area (Å²) in [5.74, 6) is 2.05. The Morgan fingerprint density at radius 2 is 1.88 bits per heavy atom. The van der Waals surface area contributed by atoms with Crippen molar-refractivity contribution in [2.45, 2.75) is 27.2 Å². The second-order valence-electron chi connectivity index (χ2n) is 7.61. The van der Waals surface area contributed by atoms with Crippen molar-refractivity contribution in [1.82, 2.24) is 9.88 Å². The predicted octanol–water partition coefficient (Wildman–Crippen LogP) is 3.33. The van der Waals surface area contributed by atoms with E-state index in [0.717, 1.165) is 55.1 Å². The summed E-state index contributed by atoms with van der Waals surface area (Å²) in [5.41, 5.74) is 0.639. The average molecular weight is 341 g/mol. The number of hydrogen-bond donors (Lipinski definition) is 0. The van der Waals surface area contributed by atoms with Gasteiger partial charge in [-0.15, -0.1) is 0 Å². The maximum absolute atomic E-state index is 12.5. The van der Waals surface area contributed by atoms with Gasteiger partial charge < -0.3 is 14.5 Å². The Hall–Kier alpha value is -2.30.